The van der Waals surface area contributed by atoms with Crippen molar-refractivity contribution in [3.05, 3.63) is 24.3 Å². The molecule has 2 rings (SSSR count). The van der Waals surface area contributed by atoms with E-state index in [-0.39, 0.29) is 5.97 Å². The fourth-order valence-electron chi connectivity index (χ4n) is 2.31. The van der Waals surface area contributed by atoms with E-state index < -0.39 is 0 Å². The number of nitrogens with zero attached hydrogens (tertiary/aromatic N) is 2. The van der Waals surface area contributed by atoms with Crippen LogP contribution in [0.15, 0.2) is 24.3 Å². The van der Waals surface area contributed by atoms with Crippen LogP contribution in [0.25, 0.3) is 0 Å². The van der Waals surface area contributed by atoms with Crippen LogP contribution in [-0.4, -0.2) is 50.2 Å². The van der Waals surface area contributed by atoms with Gasteiger partial charge in [-0.25, -0.2) is 0 Å². The Kier molecular flexibility index (Phi) is 4.63. The quantitative estimate of drug-likeness (QED) is 0.647. The zero-order valence-electron chi connectivity index (χ0n) is 11.3. The van der Waals surface area contributed by atoms with Gasteiger partial charge in [-0.2, -0.15) is 0 Å². The Morgan fingerprint density at radius 2 is 1.95 bits per heavy atom. The summed E-state index contributed by atoms with van der Waals surface area (Å²) >= 11 is 0. The molecule has 1 fully saturated rings. The third-order valence-corrected chi connectivity index (χ3v) is 3.31. The molecular weight excluding hydrogens is 242 g/mol. The number of ether oxygens (including phenoxy) is 1. The molecule has 1 aliphatic heterocycles. The first kappa shape index (κ1) is 13.7. The maximum absolute atomic E-state index is 11.4. The molecule has 0 aliphatic carbocycles. The summed E-state index contributed by atoms with van der Waals surface area (Å²) in [6.07, 6.45) is 0. The van der Waals surface area contributed by atoms with Gasteiger partial charge in [0.05, 0.1) is 24.5 Å². The number of esters is 1. The molecule has 1 aliphatic rings. The smallest absolute Gasteiger partial charge is 0.320 e. The number of para-hydroxylation sites is 2. The molecule has 2 N–H and O–H groups in total. The van der Waals surface area contributed by atoms with Gasteiger partial charge in [-0.05, 0) is 19.1 Å². The summed E-state index contributed by atoms with van der Waals surface area (Å²) in [5.41, 5.74) is 7.87. The maximum atomic E-state index is 11.4. The summed E-state index contributed by atoms with van der Waals surface area (Å²) in [6, 6.07) is 7.89. The van der Waals surface area contributed by atoms with Gasteiger partial charge in [0, 0.05) is 26.2 Å². The molecule has 1 aromatic carbocycles. The van der Waals surface area contributed by atoms with Crippen LogP contribution >= 0.6 is 0 Å². The lowest BCUT2D eigenvalue weighted by molar-refractivity contribution is -0.144. The second-order valence-corrected chi connectivity index (χ2v) is 4.63. The predicted molar refractivity (Wildman–Crippen MR) is 76.1 cm³/mol. The lowest BCUT2D eigenvalue weighted by Gasteiger charge is -2.36. The van der Waals surface area contributed by atoms with Gasteiger partial charge in [0.25, 0.3) is 0 Å². The molecule has 0 unspecified atom stereocenters. The zero-order chi connectivity index (χ0) is 13.7. The van der Waals surface area contributed by atoms with Crippen LogP contribution in [0.1, 0.15) is 6.92 Å². The number of carbonyl (C=O) groups excluding carboxylic acids is 1. The predicted octanol–water partition coefficient (Wildman–Crippen LogP) is 0.954. The molecular formula is C14H21N3O2. The Morgan fingerprint density at radius 3 is 2.58 bits per heavy atom. The Hall–Kier alpha value is -1.75. The van der Waals surface area contributed by atoms with E-state index in [1.54, 1.807) is 0 Å². The van der Waals surface area contributed by atoms with E-state index in [9.17, 15) is 4.79 Å². The van der Waals surface area contributed by atoms with E-state index in [2.05, 4.69) is 9.80 Å². The number of hydrogen-bond acceptors (Lipinski definition) is 5. The molecule has 0 saturated carbocycles. The maximum Gasteiger partial charge on any atom is 0.320 e. The van der Waals surface area contributed by atoms with E-state index >= 15 is 0 Å². The van der Waals surface area contributed by atoms with Crippen LogP contribution in [0.2, 0.25) is 0 Å². The molecule has 0 aromatic heterocycles. The van der Waals surface area contributed by atoms with Crippen molar-refractivity contribution in [1.29, 1.82) is 0 Å². The average molecular weight is 263 g/mol. The number of nitrogen functional groups attached to an aromatic ring is 1. The van der Waals surface area contributed by atoms with Crippen molar-refractivity contribution in [2.75, 3.05) is 50.0 Å². The SMILES string of the molecule is CCOC(=O)CN1CCN(c2ccccc2N)CC1. The number of benzene rings is 1. The molecule has 0 radical (unpaired) electrons. The topological polar surface area (TPSA) is 58.8 Å². The van der Waals surface area contributed by atoms with Gasteiger partial charge < -0.3 is 15.4 Å². The standard InChI is InChI=1S/C14H21N3O2/c1-2-19-14(18)11-16-7-9-17(10-8-16)13-6-4-3-5-12(13)15/h3-6H,2,7-11,15H2,1H3. The Balaban J connectivity index is 1.86. The van der Waals surface area contributed by atoms with Gasteiger partial charge in [-0.1, -0.05) is 12.1 Å². The van der Waals surface area contributed by atoms with E-state index in [0.29, 0.717) is 13.2 Å². The highest BCUT2D eigenvalue weighted by atomic mass is 16.5. The van der Waals surface area contributed by atoms with Crippen molar-refractivity contribution in [3.8, 4) is 0 Å². The molecule has 1 heterocycles. The van der Waals surface area contributed by atoms with Gasteiger partial charge in [-0.15, -0.1) is 0 Å². The lowest BCUT2D eigenvalue weighted by atomic mass is 10.2. The highest BCUT2D eigenvalue weighted by Gasteiger charge is 2.20. The number of anilines is 2. The minimum atomic E-state index is -0.143. The van der Waals surface area contributed by atoms with Crippen LogP contribution < -0.4 is 10.6 Å². The highest BCUT2D eigenvalue weighted by molar-refractivity contribution is 5.72. The van der Waals surface area contributed by atoms with Crippen molar-refractivity contribution < 1.29 is 9.53 Å². The van der Waals surface area contributed by atoms with Crippen molar-refractivity contribution in [3.63, 3.8) is 0 Å². The Labute approximate surface area is 113 Å². The average Bonchev–Trinajstić information content (AvgIpc) is 2.41. The largest absolute Gasteiger partial charge is 0.465 e. The second-order valence-electron chi connectivity index (χ2n) is 4.63. The van der Waals surface area contributed by atoms with Crippen molar-refractivity contribution in [2.24, 2.45) is 0 Å². The Morgan fingerprint density at radius 1 is 1.26 bits per heavy atom. The summed E-state index contributed by atoms with van der Waals surface area (Å²) in [7, 11) is 0. The summed E-state index contributed by atoms with van der Waals surface area (Å²) in [5.74, 6) is -0.143. The monoisotopic (exact) mass is 263 g/mol. The number of carbonyl (C=O) groups is 1. The van der Waals surface area contributed by atoms with E-state index in [1.807, 2.05) is 31.2 Å². The van der Waals surface area contributed by atoms with Crippen molar-refractivity contribution in [2.45, 2.75) is 6.92 Å². The third-order valence-electron chi connectivity index (χ3n) is 3.31. The third kappa shape index (κ3) is 3.61. The van der Waals surface area contributed by atoms with Crippen molar-refractivity contribution in [1.82, 2.24) is 4.90 Å². The number of nitrogens with two attached hydrogens (primary N) is 1. The summed E-state index contributed by atoms with van der Waals surface area (Å²) < 4.78 is 4.96. The molecule has 19 heavy (non-hydrogen) atoms. The molecule has 0 bridgehead atoms. The number of hydrogen-bond donors (Lipinski definition) is 1. The van der Waals surface area contributed by atoms with Crippen molar-refractivity contribution >= 4 is 17.3 Å². The Bertz CT molecular complexity index is 428. The molecule has 0 amide bonds. The first-order chi connectivity index (χ1) is 9.20. The van der Waals surface area contributed by atoms with Gasteiger partial charge in [0.1, 0.15) is 0 Å². The fourth-order valence-corrected chi connectivity index (χ4v) is 2.31. The first-order valence-electron chi connectivity index (χ1n) is 6.68. The summed E-state index contributed by atoms with van der Waals surface area (Å²) in [6.45, 7) is 6.13. The summed E-state index contributed by atoms with van der Waals surface area (Å²) in [5, 5.41) is 0. The van der Waals surface area contributed by atoms with E-state index in [0.717, 1.165) is 37.6 Å². The normalized spacial score (nSPS) is 16.4. The van der Waals surface area contributed by atoms with Crippen LogP contribution in [-0.2, 0) is 9.53 Å². The molecule has 1 aromatic rings. The molecule has 104 valence electrons. The molecule has 5 heteroatoms. The van der Waals surface area contributed by atoms with Crippen LogP contribution in [0, 0.1) is 0 Å². The molecule has 0 spiro atoms. The minimum absolute atomic E-state index is 0.143. The van der Waals surface area contributed by atoms with Crippen LogP contribution in [0.4, 0.5) is 11.4 Å². The van der Waals surface area contributed by atoms with E-state index in [1.165, 1.54) is 0 Å². The first-order valence-corrected chi connectivity index (χ1v) is 6.68. The highest BCUT2D eigenvalue weighted by Crippen LogP contribution is 2.23. The van der Waals surface area contributed by atoms with Gasteiger partial charge in [-0.3, -0.25) is 9.69 Å². The fraction of sp³-hybridized carbons (Fsp3) is 0.500. The van der Waals surface area contributed by atoms with Crippen LogP contribution in [0.5, 0.6) is 0 Å². The van der Waals surface area contributed by atoms with Crippen LogP contribution in [0.3, 0.4) is 0 Å². The minimum Gasteiger partial charge on any atom is -0.465 e. The summed E-state index contributed by atoms with van der Waals surface area (Å²) in [4.78, 5) is 15.8. The zero-order valence-corrected chi connectivity index (χ0v) is 11.3. The lowest BCUT2D eigenvalue weighted by Crippen LogP contribution is -2.48. The van der Waals surface area contributed by atoms with E-state index in [4.69, 9.17) is 10.5 Å². The van der Waals surface area contributed by atoms with Gasteiger partial charge in [0.15, 0.2) is 0 Å². The molecule has 1 saturated heterocycles. The molecule has 5 nitrogen and oxygen atoms in total. The number of rotatable bonds is 4. The second kappa shape index (κ2) is 6.43. The number of piperazine rings is 1. The van der Waals surface area contributed by atoms with Gasteiger partial charge in [0.2, 0.25) is 0 Å². The van der Waals surface area contributed by atoms with Gasteiger partial charge >= 0.3 is 5.97 Å². The molecule has 0 atom stereocenters.